The number of aromatic nitrogens is 4. The zero-order chi connectivity index (χ0) is 17.4. The minimum atomic E-state index is -1.33. The van der Waals surface area contributed by atoms with Crippen LogP contribution in [-0.2, 0) is 5.67 Å². The molecule has 0 N–H and O–H groups in total. The summed E-state index contributed by atoms with van der Waals surface area (Å²) in [4.78, 5) is 6.72. The molecule has 1 saturated heterocycles. The molecule has 0 atom stereocenters. The fourth-order valence-corrected chi connectivity index (χ4v) is 3.40. The molecule has 1 fully saturated rings. The highest BCUT2D eigenvalue weighted by Crippen LogP contribution is 2.39. The van der Waals surface area contributed by atoms with Gasteiger partial charge in [0.2, 0.25) is 0 Å². The number of benzene rings is 1. The second-order valence-corrected chi connectivity index (χ2v) is 6.41. The number of nitrogens with zero attached hydrogens (tertiary/aromatic N) is 5. The second-order valence-electron chi connectivity index (χ2n) is 6.41. The Balaban J connectivity index is 1.55. The smallest absolute Gasteiger partial charge is 0.165 e. The number of piperidine rings is 1. The van der Waals surface area contributed by atoms with Gasteiger partial charge in [-0.15, -0.1) is 10.2 Å². The average Bonchev–Trinajstić information content (AvgIpc) is 3.12. The molecule has 130 valence electrons. The monoisotopic (exact) mass is 341 g/mol. The van der Waals surface area contributed by atoms with Gasteiger partial charge in [-0.25, -0.2) is 9.37 Å². The maximum atomic E-state index is 15.5. The molecule has 25 heavy (non-hydrogen) atoms. The topological polar surface area (TPSA) is 55.5 Å². The lowest BCUT2D eigenvalue weighted by Crippen LogP contribution is -2.40. The number of hydrogen-bond donors (Lipinski definition) is 0. The van der Waals surface area contributed by atoms with Gasteiger partial charge in [0, 0.05) is 32.0 Å². The summed E-state index contributed by atoms with van der Waals surface area (Å²) < 4.78 is 22.5. The van der Waals surface area contributed by atoms with E-state index in [1.54, 1.807) is 19.5 Å². The highest BCUT2D eigenvalue weighted by atomic mass is 19.1. The van der Waals surface area contributed by atoms with Gasteiger partial charge in [-0.05, 0) is 24.6 Å². The molecule has 1 aliphatic heterocycles. The molecule has 6 nitrogen and oxygen atoms in total. The molecular formula is C18H20FN5O. The van der Waals surface area contributed by atoms with Gasteiger partial charge in [-0.1, -0.05) is 12.1 Å². The van der Waals surface area contributed by atoms with Crippen molar-refractivity contribution in [3.8, 4) is 5.75 Å². The van der Waals surface area contributed by atoms with Gasteiger partial charge in [0.15, 0.2) is 5.65 Å². The first-order valence-corrected chi connectivity index (χ1v) is 8.35. The summed E-state index contributed by atoms with van der Waals surface area (Å²) in [6.07, 6.45) is 2.48. The third-order valence-electron chi connectivity index (χ3n) is 4.92. The van der Waals surface area contributed by atoms with E-state index in [4.69, 9.17) is 4.74 Å². The predicted molar refractivity (Wildman–Crippen MR) is 92.7 cm³/mol. The van der Waals surface area contributed by atoms with Crippen LogP contribution < -0.4 is 9.64 Å². The number of alkyl halides is 1. The van der Waals surface area contributed by atoms with Crippen molar-refractivity contribution in [2.24, 2.45) is 0 Å². The standard InChI is InChI=1S/C18H20FN5O/c1-13-21-16(11-17-22-20-12-24(13)17)23-8-6-18(19,7-9-23)14-4-3-5-15(10-14)25-2/h3-5,10-12H,6-9H2,1-2H3. The van der Waals surface area contributed by atoms with E-state index in [-0.39, 0.29) is 0 Å². The molecule has 0 spiro atoms. The van der Waals surface area contributed by atoms with Gasteiger partial charge in [0.05, 0.1) is 7.11 Å². The van der Waals surface area contributed by atoms with Crippen molar-refractivity contribution in [1.29, 1.82) is 0 Å². The van der Waals surface area contributed by atoms with Crippen LogP contribution in [-0.4, -0.2) is 39.8 Å². The molecule has 0 radical (unpaired) electrons. The summed E-state index contributed by atoms with van der Waals surface area (Å²) in [5.41, 5.74) is 0.106. The molecule has 1 aromatic carbocycles. The van der Waals surface area contributed by atoms with Crippen LogP contribution in [0.15, 0.2) is 36.7 Å². The fraction of sp³-hybridized carbons (Fsp3) is 0.389. The lowest BCUT2D eigenvalue weighted by molar-refractivity contribution is 0.124. The van der Waals surface area contributed by atoms with E-state index in [1.807, 2.05) is 35.6 Å². The summed E-state index contributed by atoms with van der Waals surface area (Å²) in [5, 5.41) is 8.00. The fourth-order valence-electron chi connectivity index (χ4n) is 3.40. The zero-order valence-corrected chi connectivity index (χ0v) is 14.3. The van der Waals surface area contributed by atoms with Crippen molar-refractivity contribution in [3.63, 3.8) is 0 Å². The Bertz CT molecular complexity index is 901. The van der Waals surface area contributed by atoms with Crippen LogP contribution in [0.1, 0.15) is 24.2 Å². The van der Waals surface area contributed by atoms with Gasteiger partial charge in [-0.2, -0.15) is 0 Å². The van der Waals surface area contributed by atoms with Crippen LogP contribution >= 0.6 is 0 Å². The lowest BCUT2D eigenvalue weighted by atomic mass is 9.86. The predicted octanol–water partition coefficient (Wildman–Crippen LogP) is 2.91. The van der Waals surface area contributed by atoms with E-state index in [1.165, 1.54) is 0 Å². The number of hydrogen-bond acceptors (Lipinski definition) is 5. The maximum absolute atomic E-state index is 15.5. The molecule has 0 aliphatic carbocycles. The lowest BCUT2D eigenvalue weighted by Gasteiger charge is -2.37. The third-order valence-corrected chi connectivity index (χ3v) is 4.92. The molecule has 2 aromatic heterocycles. The third kappa shape index (κ3) is 2.79. The maximum Gasteiger partial charge on any atom is 0.165 e. The van der Waals surface area contributed by atoms with Crippen LogP contribution in [0.2, 0.25) is 0 Å². The van der Waals surface area contributed by atoms with Crippen LogP contribution in [0.3, 0.4) is 0 Å². The quantitative estimate of drug-likeness (QED) is 0.733. The van der Waals surface area contributed by atoms with Gasteiger partial charge in [0.1, 0.15) is 29.4 Å². The molecule has 0 amide bonds. The van der Waals surface area contributed by atoms with Crippen LogP contribution in [0.5, 0.6) is 5.75 Å². The van der Waals surface area contributed by atoms with E-state index >= 15 is 4.39 Å². The normalized spacial score (nSPS) is 17.0. The van der Waals surface area contributed by atoms with E-state index in [0.29, 0.717) is 37.2 Å². The highest BCUT2D eigenvalue weighted by Gasteiger charge is 2.37. The van der Waals surface area contributed by atoms with Crippen molar-refractivity contribution in [3.05, 3.63) is 48.0 Å². The Labute approximate surface area is 145 Å². The molecule has 3 aromatic rings. The number of ether oxygens (including phenoxy) is 1. The zero-order valence-electron chi connectivity index (χ0n) is 14.3. The molecule has 1 aliphatic rings. The van der Waals surface area contributed by atoms with Gasteiger partial charge in [0.25, 0.3) is 0 Å². The van der Waals surface area contributed by atoms with E-state index in [0.717, 1.165) is 17.3 Å². The van der Waals surface area contributed by atoms with E-state index in [9.17, 15) is 0 Å². The molecule has 0 saturated carbocycles. The average molecular weight is 341 g/mol. The molecule has 3 heterocycles. The van der Waals surface area contributed by atoms with E-state index < -0.39 is 5.67 Å². The largest absolute Gasteiger partial charge is 0.497 e. The number of fused-ring (bicyclic) bond motifs is 1. The van der Waals surface area contributed by atoms with Gasteiger partial charge < -0.3 is 9.64 Å². The Kier molecular flexibility index (Phi) is 3.78. The Hall–Kier alpha value is -2.70. The van der Waals surface area contributed by atoms with Crippen molar-refractivity contribution in [1.82, 2.24) is 19.6 Å². The number of methoxy groups -OCH3 is 1. The SMILES string of the molecule is COc1cccc(C2(F)CCN(c3cc4nncn4c(C)n3)CC2)c1. The minimum absolute atomic E-state index is 0.415. The molecule has 0 unspecified atom stereocenters. The number of halogens is 1. The van der Waals surface area contributed by atoms with Crippen molar-refractivity contribution < 1.29 is 9.13 Å². The Morgan fingerprint density at radius 3 is 2.76 bits per heavy atom. The van der Waals surface area contributed by atoms with E-state index in [2.05, 4.69) is 20.1 Å². The Morgan fingerprint density at radius 1 is 1.20 bits per heavy atom. The summed E-state index contributed by atoms with van der Waals surface area (Å²) in [6.45, 7) is 3.12. The minimum Gasteiger partial charge on any atom is -0.497 e. The first-order valence-electron chi connectivity index (χ1n) is 8.35. The summed E-state index contributed by atoms with van der Waals surface area (Å²) >= 11 is 0. The van der Waals surface area contributed by atoms with Crippen LogP contribution in [0.25, 0.3) is 5.65 Å². The first kappa shape index (κ1) is 15.8. The number of anilines is 1. The summed E-state index contributed by atoms with van der Waals surface area (Å²) in [5.74, 6) is 2.33. The van der Waals surface area contributed by atoms with Crippen molar-refractivity contribution in [2.75, 3.05) is 25.1 Å². The van der Waals surface area contributed by atoms with Crippen LogP contribution in [0, 0.1) is 6.92 Å². The first-order chi connectivity index (χ1) is 12.1. The Morgan fingerprint density at radius 2 is 2.00 bits per heavy atom. The number of aryl methyl sites for hydroxylation is 1. The molecular weight excluding hydrogens is 321 g/mol. The van der Waals surface area contributed by atoms with Gasteiger partial charge in [-0.3, -0.25) is 4.40 Å². The van der Waals surface area contributed by atoms with Crippen LogP contribution in [0.4, 0.5) is 10.2 Å². The van der Waals surface area contributed by atoms with Crippen molar-refractivity contribution >= 4 is 11.5 Å². The molecule has 0 bridgehead atoms. The summed E-state index contributed by atoms with van der Waals surface area (Å²) in [6, 6.07) is 9.20. The molecule has 7 heteroatoms. The highest BCUT2D eigenvalue weighted by molar-refractivity contribution is 5.52. The second kappa shape index (κ2) is 5.98. The molecule has 4 rings (SSSR count). The van der Waals surface area contributed by atoms with Gasteiger partial charge >= 0.3 is 0 Å². The number of rotatable bonds is 3. The summed E-state index contributed by atoms with van der Waals surface area (Å²) in [7, 11) is 1.60. The van der Waals surface area contributed by atoms with Crippen molar-refractivity contribution in [2.45, 2.75) is 25.4 Å².